The second-order valence-corrected chi connectivity index (χ2v) is 3.42. The zero-order valence-electron chi connectivity index (χ0n) is 9.53. The number of aliphatic carboxylic acids is 1. The Morgan fingerprint density at radius 1 is 1.22 bits per heavy atom. The third-order valence-corrected chi connectivity index (χ3v) is 2.19. The fourth-order valence-corrected chi connectivity index (χ4v) is 1.23. The molecule has 0 heterocycles. The van der Waals surface area contributed by atoms with Crippen molar-refractivity contribution in [1.29, 1.82) is 0 Å². The molecule has 18 heavy (non-hydrogen) atoms. The van der Waals surface area contributed by atoms with Crippen molar-refractivity contribution in [2.45, 2.75) is 12.2 Å². The minimum absolute atomic E-state index is 0.265. The number of para-hydroxylation sites is 2. The van der Waals surface area contributed by atoms with Gasteiger partial charge in [-0.15, -0.1) is 0 Å². The zero-order chi connectivity index (χ0) is 13.7. The van der Waals surface area contributed by atoms with E-state index >= 15 is 0 Å². The summed E-state index contributed by atoms with van der Waals surface area (Å²) in [6.45, 7) is 0. The Balaban J connectivity index is 2.78. The Morgan fingerprint density at radius 3 is 2.39 bits per heavy atom. The summed E-state index contributed by atoms with van der Waals surface area (Å²) in [5.74, 6) is -2.37. The maximum atomic E-state index is 11.5. The highest BCUT2D eigenvalue weighted by atomic mass is 16.5. The summed E-state index contributed by atoms with van der Waals surface area (Å²) in [6.07, 6.45) is -4.24. The van der Waals surface area contributed by atoms with E-state index in [0.29, 0.717) is 5.75 Å². The number of hydrogen-bond acceptors (Lipinski definition) is 5. The first-order chi connectivity index (χ1) is 8.47. The molecule has 0 unspecified atom stereocenters. The molecule has 2 atom stereocenters. The number of carbonyl (C=O) groups excluding carboxylic acids is 1. The van der Waals surface area contributed by atoms with Crippen molar-refractivity contribution in [3.63, 3.8) is 0 Å². The van der Waals surface area contributed by atoms with Crippen LogP contribution in [0.1, 0.15) is 0 Å². The van der Waals surface area contributed by atoms with E-state index in [2.05, 4.69) is 5.32 Å². The summed E-state index contributed by atoms with van der Waals surface area (Å²) in [5, 5.41) is 29.0. The summed E-state index contributed by atoms with van der Waals surface area (Å²) >= 11 is 0. The van der Waals surface area contributed by atoms with Crippen LogP contribution in [0.2, 0.25) is 0 Å². The second-order valence-electron chi connectivity index (χ2n) is 3.42. The predicted octanol–water partition coefficient (Wildman–Crippen LogP) is -0.560. The number of anilines is 1. The van der Waals surface area contributed by atoms with Gasteiger partial charge in [0, 0.05) is 0 Å². The lowest BCUT2D eigenvalue weighted by molar-refractivity contribution is -0.156. The van der Waals surface area contributed by atoms with Gasteiger partial charge < -0.3 is 25.4 Å². The van der Waals surface area contributed by atoms with Crippen molar-refractivity contribution in [3.05, 3.63) is 24.3 Å². The Labute approximate surface area is 103 Å². The smallest absolute Gasteiger partial charge is 0.335 e. The summed E-state index contributed by atoms with van der Waals surface area (Å²) in [4.78, 5) is 21.9. The molecule has 0 aliphatic rings. The number of rotatable bonds is 5. The number of carbonyl (C=O) groups is 2. The number of aliphatic hydroxyl groups is 2. The first-order valence-electron chi connectivity index (χ1n) is 5.00. The highest BCUT2D eigenvalue weighted by Crippen LogP contribution is 2.23. The second kappa shape index (κ2) is 5.99. The van der Waals surface area contributed by atoms with Crippen molar-refractivity contribution in [1.82, 2.24) is 0 Å². The number of hydrogen-bond donors (Lipinski definition) is 4. The molecule has 0 bridgehead atoms. The zero-order valence-corrected chi connectivity index (χ0v) is 9.53. The van der Waals surface area contributed by atoms with Crippen LogP contribution in [0.3, 0.4) is 0 Å². The molecule has 7 nitrogen and oxygen atoms in total. The number of carboxylic acid groups (broad SMARTS) is 1. The predicted molar refractivity (Wildman–Crippen MR) is 61.3 cm³/mol. The third kappa shape index (κ3) is 3.19. The number of amides is 1. The van der Waals surface area contributed by atoms with Crippen LogP contribution in [0.4, 0.5) is 5.69 Å². The molecule has 0 aromatic heterocycles. The number of methoxy groups -OCH3 is 1. The Morgan fingerprint density at radius 2 is 1.83 bits per heavy atom. The minimum atomic E-state index is -2.18. The van der Waals surface area contributed by atoms with E-state index in [1.807, 2.05) is 0 Å². The van der Waals surface area contributed by atoms with Crippen LogP contribution in [0.25, 0.3) is 0 Å². The quantitative estimate of drug-likeness (QED) is 0.560. The average molecular weight is 255 g/mol. The molecule has 0 saturated carbocycles. The third-order valence-electron chi connectivity index (χ3n) is 2.19. The van der Waals surface area contributed by atoms with Crippen molar-refractivity contribution >= 4 is 17.6 Å². The lowest BCUT2D eigenvalue weighted by Gasteiger charge is -2.15. The normalized spacial score (nSPS) is 13.5. The van der Waals surface area contributed by atoms with Gasteiger partial charge in [0.05, 0.1) is 12.8 Å². The largest absolute Gasteiger partial charge is 0.495 e. The van der Waals surface area contributed by atoms with E-state index in [1.165, 1.54) is 13.2 Å². The minimum Gasteiger partial charge on any atom is -0.495 e. The maximum Gasteiger partial charge on any atom is 0.335 e. The van der Waals surface area contributed by atoms with Gasteiger partial charge >= 0.3 is 5.97 Å². The van der Waals surface area contributed by atoms with E-state index < -0.39 is 24.1 Å². The van der Waals surface area contributed by atoms with E-state index in [9.17, 15) is 14.7 Å². The van der Waals surface area contributed by atoms with Gasteiger partial charge in [-0.2, -0.15) is 0 Å². The molecule has 1 aromatic rings. The van der Waals surface area contributed by atoms with Crippen LogP contribution in [-0.4, -0.2) is 46.5 Å². The fourth-order valence-electron chi connectivity index (χ4n) is 1.23. The van der Waals surface area contributed by atoms with Crippen molar-refractivity contribution < 1.29 is 29.6 Å². The number of carboxylic acids is 1. The number of nitrogens with one attached hydrogen (secondary N) is 1. The van der Waals surface area contributed by atoms with Crippen molar-refractivity contribution in [2.24, 2.45) is 0 Å². The van der Waals surface area contributed by atoms with E-state index in [4.69, 9.17) is 14.9 Å². The van der Waals surface area contributed by atoms with Crippen molar-refractivity contribution in [3.8, 4) is 5.75 Å². The van der Waals surface area contributed by atoms with Gasteiger partial charge in [0.2, 0.25) is 0 Å². The van der Waals surface area contributed by atoms with Crippen molar-refractivity contribution in [2.75, 3.05) is 12.4 Å². The van der Waals surface area contributed by atoms with Gasteiger partial charge in [-0.25, -0.2) is 4.79 Å². The van der Waals surface area contributed by atoms with Gasteiger partial charge in [-0.1, -0.05) is 12.1 Å². The van der Waals surface area contributed by atoms with Crippen LogP contribution >= 0.6 is 0 Å². The standard InChI is InChI=1S/C11H13NO6/c1-18-7-5-3-2-4-6(7)12-10(15)8(13)9(14)11(16)17/h2-5,8-9,13-14H,1H3,(H,12,15)(H,16,17)/t8-,9-/m1/s1. The summed E-state index contributed by atoms with van der Waals surface area (Å²) in [5.41, 5.74) is 0.265. The Hall–Kier alpha value is -2.12. The van der Waals surface area contributed by atoms with Gasteiger partial charge in [-0.3, -0.25) is 4.79 Å². The molecule has 1 rings (SSSR count). The molecule has 98 valence electrons. The van der Waals surface area contributed by atoms with E-state index in [0.717, 1.165) is 0 Å². The first kappa shape index (κ1) is 13.9. The average Bonchev–Trinajstić information content (AvgIpc) is 2.37. The number of aliphatic hydroxyl groups excluding tert-OH is 2. The lowest BCUT2D eigenvalue weighted by atomic mass is 10.2. The number of ether oxygens (including phenoxy) is 1. The first-order valence-corrected chi connectivity index (χ1v) is 5.00. The molecular formula is C11H13NO6. The maximum absolute atomic E-state index is 11.5. The van der Waals surface area contributed by atoms with E-state index in [1.54, 1.807) is 18.2 Å². The van der Waals surface area contributed by atoms with Crippen LogP contribution in [-0.2, 0) is 9.59 Å². The van der Waals surface area contributed by atoms with Gasteiger partial charge in [0.25, 0.3) is 5.91 Å². The summed E-state index contributed by atoms with van der Waals surface area (Å²) < 4.78 is 4.96. The number of benzene rings is 1. The summed E-state index contributed by atoms with van der Waals surface area (Å²) in [6, 6.07) is 6.39. The van der Waals surface area contributed by atoms with Crippen LogP contribution in [0.5, 0.6) is 5.75 Å². The Bertz CT molecular complexity index is 447. The molecule has 7 heteroatoms. The summed E-state index contributed by atoms with van der Waals surface area (Å²) in [7, 11) is 1.40. The Kier molecular flexibility index (Phi) is 4.64. The molecule has 1 amide bonds. The molecule has 0 aliphatic carbocycles. The molecule has 0 saturated heterocycles. The highest BCUT2D eigenvalue weighted by molar-refractivity contribution is 5.98. The molecule has 1 aromatic carbocycles. The van der Waals surface area contributed by atoms with Gasteiger partial charge in [0.15, 0.2) is 12.2 Å². The highest BCUT2D eigenvalue weighted by Gasteiger charge is 2.30. The fraction of sp³-hybridized carbons (Fsp3) is 0.273. The molecule has 0 fully saturated rings. The lowest BCUT2D eigenvalue weighted by Crippen LogP contribution is -2.42. The van der Waals surface area contributed by atoms with E-state index in [-0.39, 0.29) is 5.69 Å². The molecular weight excluding hydrogens is 242 g/mol. The SMILES string of the molecule is COc1ccccc1NC(=O)[C@H](O)[C@@H](O)C(=O)O. The topological polar surface area (TPSA) is 116 Å². The van der Waals surface area contributed by atoms with Crippen LogP contribution in [0, 0.1) is 0 Å². The van der Waals surface area contributed by atoms with Crippen LogP contribution in [0.15, 0.2) is 24.3 Å². The van der Waals surface area contributed by atoms with Gasteiger partial charge in [-0.05, 0) is 12.1 Å². The monoisotopic (exact) mass is 255 g/mol. The molecule has 4 N–H and O–H groups in total. The van der Waals surface area contributed by atoms with Crippen LogP contribution < -0.4 is 10.1 Å². The molecule has 0 aliphatic heterocycles. The molecule has 0 spiro atoms. The van der Waals surface area contributed by atoms with Gasteiger partial charge in [0.1, 0.15) is 5.75 Å². The molecule has 0 radical (unpaired) electrons.